The van der Waals surface area contributed by atoms with Gasteiger partial charge in [0.25, 0.3) is 5.91 Å². The van der Waals surface area contributed by atoms with Crippen LogP contribution in [0.25, 0.3) is 5.65 Å². The number of nitrogens with zero attached hydrogens (tertiary/aromatic N) is 6. The first-order valence-electron chi connectivity index (χ1n) is 12.7. The van der Waals surface area contributed by atoms with Crippen LogP contribution in [0.4, 0.5) is 0 Å². The van der Waals surface area contributed by atoms with E-state index in [0.29, 0.717) is 23.5 Å². The quantitative estimate of drug-likeness (QED) is 0.511. The fourth-order valence-electron chi connectivity index (χ4n) is 7.26. The average Bonchev–Trinajstić information content (AvgIpc) is 3.43. The summed E-state index contributed by atoms with van der Waals surface area (Å²) < 4.78 is 1.80. The fraction of sp³-hybridized carbons (Fsp3) is 0.600. The van der Waals surface area contributed by atoms with Crippen LogP contribution < -0.4 is 5.32 Å². The minimum atomic E-state index is -0.969. The minimum absolute atomic E-state index is 0.0799. The number of imidazole rings is 1. The molecular formula is C25H31N7O3. The maximum atomic E-state index is 13.2. The minimum Gasteiger partial charge on any atom is -0.481 e. The molecule has 3 aromatic heterocycles. The van der Waals surface area contributed by atoms with Crippen LogP contribution in [0.1, 0.15) is 79.8 Å². The number of nitrogens with one attached hydrogen (secondary N) is 1. The number of rotatable bonds is 8. The lowest BCUT2D eigenvalue weighted by atomic mass is 9.49. The van der Waals surface area contributed by atoms with Gasteiger partial charge in [-0.1, -0.05) is 13.0 Å². The van der Waals surface area contributed by atoms with E-state index in [2.05, 4.69) is 25.7 Å². The highest BCUT2D eigenvalue weighted by Crippen LogP contribution is 2.59. The van der Waals surface area contributed by atoms with Crippen molar-refractivity contribution in [2.45, 2.75) is 64.3 Å². The number of aromatic nitrogens is 6. The standard InChI is InChI=1S/C25H31N7O3/c1-2-19(24(34)35)22-28-30-32(29-22)13-18-12-31-20(4-3-5-21(31)27-18)23(33)26-14-25-9-15-6-16(10-25)8-17(7-15)11-25/h3-5,12,15-17,19H,2,6-11,13-14H2,1H3,(H,26,33)(H,34,35). The summed E-state index contributed by atoms with van der Waals surface area (Å²) in [7, 11) is 0. The summed E-state index contributed by atoms with van der Waals surface area (Å²) in [6.45, 7) is 2.76. The summed E-state index contributed by atoms with van der Waals surface area (Å²) in [6, 6.07) is 5.52. The summed E-state index contributed by atoms with van der Waals surface area (Å²) in [5, 5.41) is 24.7. The number of fused-ring (bicyclic) bond motifs is 1. The highest BCUT2D eigenvalue weighted by atomic mass is 16.4. The van der Waals surface area contributed by atoms with Gasteiger partial charge < -0.3 is 10.4 Å². The number of carboxylic acid groups (broad SMARTS) is 1. The molecular weight excluding hydrogens is 446 g/mol. The molecule has 3 heterocycles. The second kappa shape index (κ2) is 8.42. The third-order valence-electron chi connectivity index (χ3n) is 8.35. The van der Waals surface area contributed by atoms with E-state index in [1.807, 2.05) is 24.4 Å². The van der Waals surface area contributed by atoms with E-state index in [9.17, 15) is 14.7 Å². The van der Waals surface area contributed by atoms with E-state index >= 15 is 0 Å². The first-order valence-corrected chi connectivity index (χ1v) is 12.7. The van der Waals surface area contributed by atoms with Gasteiger partial charge in [-0.2, -0.15) is 4.80 Å². The maximum Gasteiger partial charge on any atom is 0.314 e. The van der Waals surface area contributed by atoms with Gasteiger partial charge in [0.15, 0.2) is 5.82 Å². The molecule has 7 rings (SSSR count). The normalized spacial score (nSPS) is 27.9. The van der Waals surface area contributed by atoms with E-state index in [0.717, 1.165) is 24.3 Å². The van der Waals surface area contributed by atoms with Crippen molar-refractivity contribution in [3.63, 3.8) is 0 Å². The zero-order valence-corrected chi connectivity index (χ0v) is 19.9. The van der Waals surface area contributed by atoms with E-state index in [4.69, 9.17) is 0 Å². The topological polar surface area (TPSA) is 127 Å². The number of carbonyl (C=O) groups excluding carboxylic acids is 1. The van der Waals surface area contributed by atoms with E-state index in [1.54, 1.807) is 11.3 Å². The van der Waals surface area contributed by atoms with Crippen molar-refractivity contribution in [3.05, 3.63) is 41.6 Å². The molecule has 2 N–H and O–H groups in total. The summed E-state index contributed by atoms with van der Waals surface area (Å²) in [5.74, 6) is 0.917. The number of amides is 1. The Bertz CT molecular complexity index is 1240. The van der Waals surface area contributed by atoms with E-state index in [-0.39, 0.29) is 23.7 Å². The van der Waals surface area contributed by atoms with Crippen molar-refractivity contribution >= 4 is 17.5 Å². The summed E-state index contributed by atoms with van der Waals surface area (Å²) >= 11 is 0. The lowest BCUT2D eigenvalue weighted by molar-refractivity contribution is -0.139. The Balaban J connectivity index is 1.17. The van der Waals surface area contributed by atoms with Gasteiger partial charge in [-0.3, -0.25) is 14.0 Å². The average molecular weight is 478 g/mol. The molecule has 184 valence electrons. The first kappa shape index (κ1) is 22.2. The molecule has 4 aliphatic rings. The van der Waals surface area contributed by atoms with E-state index < -0.39 is 11.9 Å². The largest absolute Gasteiger partial charge is 0.481 e. The van der Waals surface area contributed by atoms with Gasteiger partial charge in [0.1, 0.15) is 23.8 Å². The number of hydrogen-bond acceptors (Lipinski definition) is 6. The smallest absolute Gasteiger partial charge is 0.314 e. The molecule has 1 atom stereocenters. The lowest BCUT2D eigenvalue weighted by Gasteiger charge is -2.56. The van der Waals surface area contributed by atoms with Crippen LogP contribution in [0, 0.1) is 23.2 Å². The highest BCUT2D eigenvalue weighted by Gasteiger charge is 2.50. The number of hydrogen-bond donors (Lipinski definition) is 2. The van der Waals surface area contributed by atoms with Crippen molar-refractivity contribution in [1.29, 1.82) is 0 Å². The van der Waals surface area contributed by atoms with Crippen LogP contribution in [-0.2, 0) is 11.3 Å². The van der Waals surface area contributed by atoms with Gasteiger partial charge in [0.05, 0.1) is 5.69 Å². The molecule has 0 aromatic carbocycles. The van der Waals surface area contributed by atoms with Crippen molar-refractivity contribution in [3.8, 4) is 0 Å². The Morgan fingerprint density at radius 3 is 2.54 bits per heavy atom. The van der Waals surface area contributed by atoms with Gasteiger partial charge >= 0.3 is 5.97 Å². The van der Waals surface area contributed by atoms with Crippen LogP contribution in [0.15, 0.2) is 24.4 Å². The predicted molar refractivity (Wildman–Crippen MR) is 126 cm³/mol. The molecule has 10 nitrogen and oxygen atoms in total. The molecule has 0 aliphatic heterocycles. The Morgan fingerprint density at radius 1 is 1.17 bits per heavy atom. The van der Waals surface area contributed by atoms with Gasteiger partial charge in [0, 0.05) is 12.7 Å². The Morgan fingerprint density at radius 2 is 1.89 bits per heavy atom. The van der Waals surface area contributed by atoms with Crippen LogP contribution in [-0.4, -0.2) is 53.1 Å². The van der Waals surface area contributed by atoms with Crippen LogP contribution >= 0.6 is 0 Å². The second-order valence-electron chi connectivity index (χ2n) is 10.9. The zero-order chi connectivity index (χ0) is 24.2. The molecule has 0 saturated heterocycles. The number of aliphatic carboxylic acids is 1. The maximum absolute atomic E-state index is 13.2. The third-order valence-corrected chi connectivity index (χ3v) is 8.35. The highest BCUT2D eigenvalue weighted by molar-refractivity contribution is 5.93. The molecule has 4 bridgehead atoms. The van der Waals surface area contributed by atoms with Gasteiger partial charge in [-0.25, -0.2) is 4.98 Å². The Hall–Kier alpha value is -3.30. The monoisotopic (exact) mass is 477 g/mol. The van der Waals surface area contributed by atoms with Crippen molar-refractivity contribution in [2.24, 2.45) is 23.2 Å². The van der Waals surface area contributed by atoms with Crippen LogP contribution in [0.2, 0.25) is 0 Å². The Kier molecular flexibility index (Phi) is 5.34. The van der Waals surface area contributed by atoms with Crippen molar-refractivity contribution in [1.82, 2.24) is 34.9 Å². The third kappa shape index (κ3) is 4.08. The summed E-state index contributed by atoms with van der Waals surface area (Å²) in [5.41, 5.74) is 2.16. The lowest BCUT2D eigenvalue weighted by Crippen LogP contribution is -2.51. The van der Waals surface area contributed by atoms with Crippen molar-refractivity contribution in [2.75, 3.05) is 6.54 Å². The first-order chi connectivity index (χ1) is 16.9. The number of tetrazole rings is 1. The number of carbonyl (C=O) groups is 2. The molecule has 4 saturated carbocycles. The van der Waals surface area contributed by atoms with Gasteiger partial charge in [0.2, 0.25) is 0 Å². The molecule has 10 heteroatoms. The summed E-state index contributed by atoms with van der Waals surface area (Å²) in [4.78, 5) is 30.6. The molecule has 4 aliphatic carbocycles. The van der Waals surface area contributed by atoms with Crippen molar-refractivity contribution < 1.29 is 14.7 Å². The molecule has 0 spiro atoms. The molecule has 35 heavy (non-hydrogen) atoms. The number of pyridine rings is 1. The molecule has 1 unspecified atom stereocenters. The fourth-order valence-corrected chi connectivity index (χ4v) is 7.26. The molecule has 0 radical (unpaired) electrons. The molecule has 3 aromatic rings. The predicted octanol–water partition coefficient (Wildman–Crippen LogP) is 2.89. The van der Waals surface area contributed by atoms with Crippen LogP contribution in [0.5, 0.6) is 0 Å². The van der Waals surface area contributed by atoms with Gasteiger partial charge in [-0.15, -0.1) is 10.2 Å². The number of carboxylic acids is 1. The van der Waals surface area contributed by atoms with E-state index in [1.165, 1.54) is 43.3 Å². The molecule has 4 fully saturated rings. The second-order valence-corrected chi connectivity index (χ2v) is 10.9. The van der Waals surface area contributed by atoms with Crippen LogP contribution in [0.3, 0.4) is 0 Å². The summed E-state index contributed by atoms with van der Waals surface area (Å²) in [6.07, 6.45) is 10.1. The van der Waals surface area contributed by atoms with Gasteiger partial charge in [-0.05, 0) is 85.5 Å². The Labute approximate surface area is 203 Å². The zero-order valence-electron chi connectivity index (χ0n) is 19.9. The SMILES string of the molecule is CCC(C(=O)O)c1nnn(Cc2cn3c(C(=O)NCC45CC6CC(CC(C6)C4)C5)cccc3n2)n1. The molecule has 1 amide bonds.